The molecule has 2 unspecified atom stereocenters. The minimum absolute atomic E-state index is 0.105. The number of methoxy groups -OCH3 is 2. The van der Waals surface area contributed by atoms with Crippen molar-refractivity contribution in [3.63, 3.8) is 0 Å². The lowest BCUT2D eigenvalue weighted by molar-refractivity contribution is 0.195. The van der Waals surface area contributed by atoms with Gasteiger partial charge >= 0.3 is 0 Å². The van der Waals surface area contributed by atoms with E-state index in [9.17, 15) is 0 Å². The zero-order valence-corrected chi connectivity index (χ0v) is 12.9. The van der Waals surface area contributed by atoms with Gasteiger partial charge in [-0.15, -0.1) is 0 Å². The molecule has 0 amide bonds. The molecule has 2 atom stereocenters. The lowest BCUT2D eigenvalue weighted by atomic mass is 9.75. The van der Waals surface area contributed by atoms with Crippen molar-refractivity contribution in [2.24, 2.45) is 17.2 Å². The smallest absolute Gasteiger partial charge is 0.127 e. The van der Waals surface area contributed by atoms with Crippen molar-refractivity contribution in [3.05, 3.63) is 23.8 Å². The molecule has 1 aliphatic carbocycles. The first-order chi connectivity index (χ1) is 9.53. The topological polar surface area (TPSA) is 56.5 Å². The summed E-state index contributed by atoms with van der Waals surface area (Å²) in [5.74, 6) is 8.00. The summed E-state index contributed by atoms with van der Waals surface area (Å²) < 4.78 is 10.8. The van der Waals surface area contributed by atoms with Crippen molar-refractivity contribution < 1.29 is 9.47 Å². The van der Waals surface area contributed by atoms with Crippen LogP contribution in [-0.4, -0.2) is 14.2 Å². The summed E-state index contributed by atoms with van der Waals surface area (Å²) in [5, 5.41) is 0. The minimum atomic E-state index is 0.105. The molecule has 1 aliphatic rings. The number of hydrogen-bond donors (Lipinski definition) is 2. The molecule has 0 aromatic heterocycles. The SMILES string of the molecule is COc1ccc(C(NN)C2CCCC2(C)C)c(OC)c1. The van der Waals surface area contributed by atoms with E-state index in [2.05, 4.69) is 25.3 Å². The highest BCUT2D eigenvalue weighted by Gasteiger charge is 2.40. The van der Waals surface area contributed by atoms with E-state index in [0.717, 1.165) is 17.1 Å². The standard InChI is InChI=1S/C16H26N2O2/c1-16(2)9-5-6-13(16)15(18-17)12-8-7-11(19-3)10-14(12)20-4/h7-8,10,13,15,18H,5-6,9,17H2,1-4H3. The number of ether oxygens (including phenoxy) is 2. The lowest BCUT2D eigenvalue weighted by Crippen LogP contribution is -2.38. The van der Waals surface area contributed by atoms with Crippen LogP contribution in [0.5, 0.6) is 11.5 Å². The third kappa shape index (κ3) is 2.76. The molecule has 0 bridgehead atoms. The first-order valence-corrected chi connectivity index (χ1v) is 7.21. The fourth-order valence-corrected chi connectivity index (χ4v) is 3.47. The molecule has 1 saturated carbocycles. The van der Waals surface area contributed by atoms with Crippen LogP contribution in [-0.2, 0) is 0 Å². The van der Waals surface area contributed by atoms with Gasteiger partial charge in [0.25, 0.3) is 0 Å². The van der Waals surface area contributed by atoms with Gasteiger partial charge in [-0.05, 0) is 30.2 Å². The summed E-state index contributed by atoms with van der Waals surface area (Å²) in [7, 11) is 3.35. The summed E-state index contributed by atoms with van der Waals surface area (Å²) in [4.78, 5) is 0. The summed E-state index contributed by atoms with van der Waals surface area (Å²) >= 11 is 0. The molecule has 0 spiro atoms. The van der Waals surface area contributed by atoms with E-state index in [0.29, 0.717) is 11.3 Å². The first kappa shape index (κ1) is 15.1. The van der Waals surface area contributed by atoms with Gasteiger partial charge < -0.3 is 9.47 Å². The summed E-state index contributed by atoms with van der Waals surface area (Å²) in [5.41, 5.74) is 4.41. The van der Waals surface area contributed by atoms with Crippen molar-refractivity contribution in [2.45, 2.75) is 39.2 Å². The Hall–Kier alpha value is -1.26. The fraction of sp³-hybridized carbons (Fsp3) is 0.625. The van der Waals surface area contributed by atoms with Crippen LogP contribution in [0, 0.1) is 11.3 Å². The molecule has 112 valence electrons. The second kappa shape index (κ2) is 6.02. The van der Waals surface area contributed by atoms with Crippen molar-refractivity contribution in [1.82, 2.24) is 5.43 Å². The summed E-state index contributed by atoms with van der Waals surface area (Å²) in [6, 6.07) is 6.04. The molecule has 4 heteroatoms. The van der Waals surface area contributed by atoms with Gasteiger partial charge in [0.05, 0.1) is 20.3 Å². The lowest BCUT2D eigenvalue weighted by Gasteiger charge is -2.34. The maximum atomic E-state index is 5.86. The molecule has 20 heavy (non-hydrogen) atoms. The van der Waals surface area contributed by atoms with E-state index in [4.69, 9.17) is 15.3 Å². The fourth-order valence-electron chi connectivity index (χ4n) is 3.47. The predicted molar refractivity (Wildman–Crippen MR) is 80.7 cm³/mol. The molecule has 1 aromatic carbocycles. The van der Waals surface area contributed by atoms with Crippen LogP contribution in [0.2, 0.25) is 0 Å². The van der Waals surface area contributed by atoms with Crippen molar-refractivity contribution in [1.29, 1.82) is 0 Å². The average Bonchev–Trinajstić information content (AvgIpc) is 2.80. The first-order valence-electron chi connectivity index (χ1n) is 7.21. The Kier molecular flexibility index (Phi) is 4.55. The van der Waals surface area contributed by atoms with E-state index in [1.165, 1.54) is 19.3 Å². The molecule has 0 saturated heterocycles. The molecule has 3 N–H and O–H groups in total. The van der Waals surface area contributed by atoms with Gasteiger partial charge in [-0.25, -0.2) is 0 Å². The number of nitrogens with two attached hydrogens (primary N) is 1. The van der Waals surface area contributed by atoms with Crippen LogP contribution in [0.1, 0.15) is 44.7 Å². The van der Waals surface area contributed by atoms with Gasteiger partial charge in [0, 0.05) is 11.6 Å². The second-order valence-corrected chi connectivity index (χ2v) is 6.24. The van der Waals surface area contributed by atoms with E-state index < -0.39 is 0 Å². The van der Waals surface area contributed by atoms with Gasteiger partial charge in [0.2, 0.25) is 0 Å². The van der Waals surface area contributed by atoms with Gasteiger partial charge in [0.15, 0.2) is 0 Å². The molecule has 2 rings (SSSR count). The Morgan fingerprint density at radius 1 is 1.30 bits per heavy atom. The van der Waals surface area contributed by atoms with Gasteiger partial charge in [-0.3, -0.25) is 11.3 Å². The maximum absolute atomic E-state index is 5.86. The van der Waals surface area contributed by atoms with Crippen LogP contribution in [0.4, 0.5) is 0 Å². The summed E-state index contributed by atoms with van der Waals surface area (Å²) in [6.07, 6.45) is 3.69. The predicted octanol–water partition coefficient (Wildman–Crippen LogP) is 3.03. The van der Waals surface area contributed by atoms with Crippen molar-refractivity contribution >= 4 is 0 Å². The molecule has 0 heterocycles. The molecule has 1 aromatic rings. The summed E-state index contributed by atoms with van der Waals surface area (Å²) in [6.45, 7) is 4.65. The molecule has 1 fully saturated rings. The van der Waals surface area contributed by atoms with Crippen LogP contribution in [0.25, 0.3) is 0 Å². The van der Waals surface area contributed by atoms with E-state index in [-0.39, 0.29) is 6.04 Å². The monoisotopic (exact) mass is 278 g/mol. The highest BCUT2D eigenvalue weighted by atomic mass is 16.5. The van der Waals surface area contributed by atoms with Crippen LogP contribution in [0.15, 0.2) is 18.2 Å². The Morgan fingerprint density at radius 3 is 2.55 bits per heavy atom. The Morgan fingerprint density at radius 2 is 2.05 bits per heavy atom. The van der Waals surface area contributed by atoms with Crippen molar-refractivity contribution in [2.75, 3.05) is 14.2 Å². The quantitative estimate of drug-likeness (QED) is 0.642. The third-order valence-corrected chi connectivity index (χ3v) is 4.70. The minimum Gasteiger partial charge on any atom is -0.497 e. The maximum Gasteiger partial charge on any atom is 0.127 e. The highest BCUT2D eigenvalue weighted by molar-refractivity contribution is 5.43. The number of nitrogens with one attached hydrogen (secondary N) is 1. The zero-order chi connectivity index (χ0) is 14.8. The molecular weight excluding hydrogens is 252 g/mol. The Bertz CT molecular complexity index is 460. The largest absolute Gasteiger partial charge is 0.497 e. The normalized spacial score (nSPS) is 22.6. The highest BCUT2D eigenvalue weighted by Crippen LogP contribution is 2.49. The van der Waals surface area contributed by atoms with E-state index >= 15 is 0 Å². The van der Waals surface area contributed by atoms with Crippen LogP contribution >= 0.6 is 0 Å². The average molecular weight is 278 g/mol. The number of hydrogen-bond acceptors (Lipinski definition) is 4. The van der Waals surface area contributed by atoms with Gasteiger partial charge in [-0.2, -0.15) is 0 Å². The Balaban J connectivity index is 2.36. The third-order valence-electron chi connectivity index (χ3n) is 4.70. The van der Waals surface area contributed by atoms with Crippen molar-refractivity contribution in [3.8, 4) is 11.5 Å². The van der Waals surface area contributed by atoms with Crippen LogP contribution < -0.4 is 20.7 Å². The van der Waals surface area contributed by atoms with Gasteiger partial charge in [-0.1, -0.05) is 26.3 Å². The number of hydrazine groups is 1. The molecular formula is C16H26N2O2. The van der Waals surface area contributed by atoms with Crippen LogP contribution in [0.3, 0.4) is 0 Å². The number of benzene rings is 1. The van der Waals surface area contributed by atoms with E-state index in [1.807, 2.05) is 12.1 Å². The molecule has 0 aliphatic heterocycles. The van der Waals surface area contributed by atoms with Gasteiger partial charge in [0.1, 0.15) is 11.5 Å². The number of rotatable bonds is 5. The molecule has 0 radical (unpaired) electrons. The zero-order valence-electron chi connectivity index (χ0n) is 12.9. The Labute approximate surface area is 121 Å². The molecule has 4 nitrogen and oxygen atoms in total. The van der Waals surface area contributed by atoms with E-state index in [1.54, 1.807) is 14.2 Å². The second-order valence-electron chi connectivity index (χ2n) is 6.24.